The number of ether oxygens (including phenoxy) is 1. The van der Waals surface area contributed by atoms with Gasteiger partial charge in [-0.1, -0.05) is 30.3 Å². The fourth-order valence-corrected chi connectivity index (χ4v) is 3.74. The molecule has 2 N–H and O–H groups in total. The predicted octanol–water partition coefficient (Wildman–Crippen LogP) is 5.75. The van der Waals surface area contributed by atoms with E-state index in [0.717, 1.165) is 5.56 Å². The zero-order chi connectivity index (χ0) is 25.7. The van der Waals surface area contributed by atoms with Crippen LogP contribution >= 0.6 is 0 Å². The SMILES string of the molecule is Cc1cc(-c2c(OCC(=O)CCc3ccccc3)nc(N)nc2-c2ccc(F)cc2)cc(C(F)F)n1. The molecule has 9 heteroatoms. The molecule has 184 valence electrons. The van der Waals surface area contributed by atoms with E-state index in [4.69, 9.17) is 10.5 Å². The molecular weight excluding hydrogens is 469 g/mol. The van der Waals surface area contributed by atoms with E-state index in [2.05, 4.69) is 15.0 Å². The number of pyridine rings is 1. The van der Waals surface area contributed by atoms with Crippen LogP contribution in [0.2, 0.25) is 0 Å². The van der Waals surface area contributed by atoms with E-state index in [1.165, 1.54) is 30.3 Å². The second-order valence-corrected chi connectivity index (χ2v) is 8.15. The largest absolute Gasteiger partial charge is 0.469 e. The second-order valence-electron chi connectivity index (χ2n) is 8.15. The Kier molecular flexibility index (Phi) is 7.58. The van der Waals surface area contributed by atoms with Crippen molar-refractivity contribution in [1.29, 1.82) is 0 Å². The average molecular weight is 493 g/mol. The van der Waals surface area contributed by atoms with Gasteiger partial charge in [-0.2, -0.15) is 4.98 Å². The number of Topliss-reactive ketones (excluding diaryl/α,β-unsaturated/α-hetero) is 1. The highest BCUT2D eigenvalue weighted by molar-refractivity contribution is 5.86. The Morgan fingerprint density at radius 2 is 1.69 bits per heavy atom. The maximum atomic E-state index is 13.6. The minimum Gasteiger partial charge on any atom is -0.469 e. The number of benzene rings is 2. The summed E-state index contributed by atoms with van der Waals surface area (Å²) in [6.07, 6.45) is -2.02. The van der Waals surface area contributed by atoms with Gasteiger partial charge in [0.05, 0.1) is 11.3 Å². The van der Waals surface area contributed by atoms with Crippen LogP contribution in [0.5, 0.6) is 5.88 Å². The lowest BCUT2D eigenvalue weighted by molar-refractivity contribution is -0.121. The molecular formula is C27H23F3N4O2. The molecule has 0 spiro atoms. The van der Waals surface area contributed by atoms with Crippen LogP contribution < -0.4 is 10.5 Å². The van der Waals surface area contributed by atoms with Gasteiger partial charge in [-0.05, 0) is 60.9 Å². The summed E-state index contributed by atoms with van der Waals surface area (Å²) in [5, 5.41) is 0. The number of alkyl halides is 2. The van der Waals surface area contributed by atoms with Crippen LogP contribution in [0, 0.1) is 12.7 Å². The number of halogens is 3. The monoisotopic (exact) mass is 492 g/mol. The van der Waals surface area contributed by atoms with E-state index < -0.39 is 17.9 Å². The highest BCUT2D eigenvalue weighted by Gasteiger charge is 2.22. The van der Waals surface area contributed by atoms with E-state index in [1.807, 2.05) is 30.3 Å². The Balaban J connectivity index is 1.72. The minimum atomic E-state index is -2.81. The number of anilines is 1. The quantitative estimate of drug-likeness (QED) is 0.320. The molecule has 0 saturated carbocycles. The number of ketones is 1. The Bertz CT molecular complexity index is 1360. The van der Waals surface area contributed by atoms with E-state index in [0.29, 0.717) is 23.2 Å². The molecule has 2 aromatic heterocycles. The van der Waals surface area contributed by atoms with E-state index in [9.17, 15) is 18.0 Å². The van der Waals surface area contributed by atoms with Gasteiger partial charge in [0.15, 0.2) is 5.78 Å². The summed E-state index contributed by atoms with van der Waals surface area (Å²) < 4.78 is 46.4. The summed E-state index contributed by atoms with van der Waals surface area (Å²) >= 11 is 0. The predicted molar refractivity (Wildman–Crippen MR) is 130 cm³/mol. The molecule has 0 aliphatic rings. The molecule has 0 fully saturated rings. The van der Waals surface area contributed by atoms with Gasteiger partial charge in [0.25, 0.3) is 6.43 Å². The fourth-order valence-electron chi connectivity index (χ4n) is 3.74. The van der Waals surface area contributed by atoms with E-state index >= 15 is 0 Å². The molecule has 0 aliphatic carbocycles. The van der Waals surface area contributed by atoms with Crippen LogP contribution in [-0.4, -0.2) is 27.3 Å². The van der Waals surface area contributed by atoms with Gasteiger partial charge in [-0.15, -0.1) is 0 Å². The number of nitrogens with zero attached hydrogens (tertiary/aromatic N) is 3. The maximum absolute atomic E-state index is 13.6. The van der Waals surface area contributed by atoms with Crippen molar-refractivity contribution < 1.29 is 22.7 Å². The second kappa shape index (κ2) is 11.0. The van der Waals surface area contributed by atoms with Crippen molar-refractivity contribution in [2.45, 2.75) is 26.2 Å². The molecule has 4 rings (SSSR count). The standard InChI is InChI=1S/C27H23F3N4O2/c1-16-13-19(14-22(32-16)25(29)30)23-24(18-8-10-20(28)11-9-18)33-27(31)34-26(23)36-15-21(35)12-7-17-5-3-2-4-6-17/h2-6,8-11,13-14,25H,7,12,15H2,1H3,(H2,31,33,34). The van der Waals surface area contributed by atoms with Crippen molar-refractivity contribution in [3.8, 4) is 28.3 Å². The van der Waals surface area contributed by atoms with Crippen LogP contribution in [-0.2, 0) is 11.2 Å². The third kappa shape index (κ3) is 6.04. The number of carbonyl (C=O) groups is 1. The number of rotatable bonds is 9. The molecule has 0 saturated heterocycles. The molecule has 6 nitrogen and oxygen atoms in total. The number of nitrogens with two attached hydrogens (primary N) is 1. The van der Waals surface area contributed by atoms with Gasteiger partial charge in [0, 0.05) is 17.7 Å². The lowest BCUT2D eigenvalue weighted by Crippen LogP contribution is -2.14. The lowest BCUT2D eigenvalue weighted by atomic mass is 9.99. The van der Waals surface area contributed by atoms with E-state index in [-0.39, 0.29) is 41.9 Å². The first kappa shape index (κ1) is 24.8. The van der Waals surface area contributed by atoms with Gasteiger partial charge in [0.2, 0.25) is 11.8 Å². The smallest absolute Gasteiger partial charge is 0.280 e. The van der Waals surface area contributed by atoms with Crippen LogP contribution in [0.15, 0.2) is 66.7 Å². The zero-order valence-corrected chi connectivity index (χ0v) is 19.4. The molecule has 0 amide bonds. The van der Waals surface area contributed by atoms with Crippen LogP contribution in [0.4, 0.5) is 19.1 Å². The third-order valence-corrected chi connectivity index (χ3v) is 5.40. The van der Waals surface area contributed by atoms with Crippen molar-refractivity contribution in [3.05, 3.63) is 89.5 Å². The number of nitrogen functional groups attached to an aromatic ring is 1. The molecule has 4 aromatic rings. The summed E-state index contributed by atoms with van der Waals surface area (Å²) in [6, 6.07) is 17.8. The van der Waals surface area contributed by atoms with Gasteiger partial charge in [-0.3, -0.25) is 9.78 Å². The first-order chi connectivity index (χ1) is 17.3. The molecule has 36 heavy (non-hydrogen) atoms. The number of hydrogen-bond donors (Lipinski definition) is 1. The Labute approximate surface area is 206 Å². The van der Waals surface area contributed by atoms with Gasteiger partial charge >= 0.3 is 0 Å². The Morgan fingerprint density at radius 1 is 0.972 bits per heavy atom. The molecule has 0 bridgehead atoms. The van der Waals surface area contributed by atoms with Gasteiger partial charge in [0.1, 0.15) is 18.1 Å². The summed E-state index contributed by atoms with van der Waals surface area (Å²) in [6.45, 7) is 1.28. The summed E-state index contributed by atoms with van der Waals surface area (Å²) in [7, 11) is 0. The number of aromatic nitrogens is 3. The van der Waals surface area contributed by atoms with Crippen LogP contribution in [0.25, 0.3) is 22.4 Å². The highest BCUT2D eigenvalue weighted by Crippen LogP contribution is 2.39. The van der Waals surface area contributed by atoms with E-state index in [1.54, 1.807) is 13.0 Å². The van der Waals surface area contributed by atoms with Crippen molar-refractivity contribution >= 4 is 11.7 Å². The molecule has 0 unspecified atom stereocenters. The number of hydrogen-bond acceptors (Lipinski definition) is 6. The Hall–Kier alpha value is -4.27. The first-order valence-electron chi connectivity index (χ1n) is 11.2. The number of aryl methyl sites for hydroxylation is 2. The van der Waals surface area contributed by atoms with Crippen molar-refractivity contribution in [3.63, 3.8) is 0 Å². The molecule has 0 aliphatic heterocycles. The van der Waals surface area contributed by atoms with Crippen LogP contribution in [0.1, 0.15) is 29.8 Å². The van der Waals surface area contributed by atoms with Crippen molar-refractivity contribution in [2.24, 2.45) is 0 Å². The first-order valence-corrected chi connectivity index (χ1v) is 11.2. The topological polar surface area (TPSA) is 91.0 Å². The zero-order valence-electron chi connectivity index (χ0n) is 19.4. The molecule has 0 atom stereocenters. The average Bonchev–Trinajstić information content (AvgIpc) is 2.86. The molecule has 0 radical (unpaired) electrons. The van der Waals surface area contributed by atoms with Gasteiger partial charge in [-0.25, -0.2) is 18.2 Å². The Morgan fingerprint density at radius 3 is 2.39 bits per heavy atom. The fraction of sp³-hybridized carbons (Fsp3) is 0.185. The third-order valence-electron chi connectivity index (χ3n) is 5.40. The number of carbonyl (C=O) groups excluding carboxylic acids is 1. The summed E-state index contributed by atoms with van der Waals surface area (Å²) in [4.78, 5) is 24.9. The normalized spacial score (nSPS) is 11.0. The van der Waals surface area contributed by atoms with Gasteiger partial charge < -0.3 is 10.5 Å². The van der Waals surface area contributed by atoms with Crippen molar-refractivity contribution in [1.82, 2.24) is 15.0 Å². The summed E-state index contributed by atoms with van der Waals surface area (Å²) in [5.41, 5.74) is 8.13. The summed E-state index contributed by atoms with van der Waals surface area (Å²) in [5.74, 6) is -0.822. The minimum absolute atomic E-state index is 0.0410. The lowest BCUT2D eigenvalue weighted by Gasteiger charge is -2.16. The maximum Gasteiger partial charge on any atom is 0.280 e. The molecule has 2 heterocycles. The highest BCUT2D eigenvalue weighted by atomic mass is 19.3. The van der Waals surface area contributed by atoms with Crippen LogP contribution in [0.3, 0.4) is 0 Å². The van der Waals surface area contributed by atoms with Crippen molar-refractivity contribution in [2.75, 3.05) is 12.3 Å². The molecule has 2 aromatic carbocycles.